The number of rotatable bonds is 8. The standard InChI is InChI=1S/C26H25N3O7S2/c1-6-36-25(31)22-14(2)27-26-28(23(22)15-7-9-17(37-5)10-8-15)24(30)21(38-26)12-16-11-19(34-3)20(35-4)13-18(16)29(32)33/h7-13,23H,6H2,1-5H3. The van der Waals surface area contributed by atoms with Crippen molar-refractivity contribution in [3.05, 3.63) is 88.6 Å². The minimum atomic E-state index is -0.774. The molecule has 4 rings (SSSR count). The highest BCUT2D eigenvalue weighted by Crippen LogP contribution is 2.35. The summed E-state index contributed by atoms with van der Waals surface area (Å²) in [7, 11) is 2.80. The predicted molar refractivity (Wildman–Crippen MR) is 145 cm³/mol. The highest BCUT2D eigenvalue weighted by molar-refractivity contribution is 7.98. The molecule has 198 valence electrons. The number of carbonyl (C=O) groups excluding carboxylic acids is 1. The van der Waals surface area contributed by atoms with Gasteiger partial charge in [0, 0.05) is 4.90 Å². The molecule has 0 saturated carbocycles. The molecule has 1 aliphatic rings. The summed E-state index contributed by atoms with van der Waals surface area (Å²) in [5.74, 6) is -0.0805. The Morgan fingerprint density at radius 1 is 1.21 bits per heavy atom. The van der Waals surface area contributed by atoms with Crippen molar-refractivity contribution in [2.45, 2.75) is 24.8 Å². The molecule has 0 spiro atoms. The van der Waals surface area contributed by atoms with Crippen LogP contribution in [0.4, 0.5) is 5.69 Å². The third-order valence-corrected chi connectivity index (χ3v) is 7.69. The minimum Gasteiger partial charge on any atom is -0.493 e. The van der Waals surface area contributed by atoms with E-state index in [1.54, 1.807) is 25.6 Å². The maximum atomic E-state index is 13.8. The van der Waals surface area contributed by atoms with E-state index in [-0.39, 0.29) is 39.5 Å². The van der Waals surface area contributed by atoms with Gasteiger partial charge >= 0.3 is 5.97 Å². The Morgan fingerprint density at radius 2 is 1.87 bits per heavy atom. The molecule has 0 aliphatic carbocycles. The number of hydrogen-bond acceptors (Lipinski definition) is 10. The fourth-order valence-electron chi connectivity index (χ4n) is 4.19. The van der Waals surface area contributed by atoms with E-state index in [9.17, 15) is 19.7 Å². The number of esters is 1. The summed E-state index contributed by atoms with van der Waals surface area (Å²) in [6.07, 6.45) is 3.39. The number of methoxy groups -OCH3 is 2. The van der Waals surface area contributed by atoms with Gasteiger partial charge in [-0.1, -0.05) is 23.5 Å². The van der Waals surface area contributed by atoms with Crippen LogP contribution in [0.3, 0.4) is 0 Å². The van der Waals surface area contributed by atoms with Crippen molar-refractivity contribution in [2.24, 2.45) is 4.99 Å². The van der Waals surface area contributed by atoms with E-state index in [2.05, 4.69) is 4.99 Å². The van der Waals surface area contributed by atoms with Crippen LogP contribution in [0.25, 0.3) is 6.08 Å². The zero-order chi connectivity index (χ0) is 27.6. The fraction of sp³-hybridized carbons (Fsp3) is 0.269. The van der Waals surface area contributed by atoms with Gasteiger partial charge in [0.1, 0.15) is 0 Å². The number of nitro groups is 1. The molecule has 1 aromatic heterocycles. The quantitative estimate of drug-likeness (QED) is 0.179. The smallest absolute Gasteiger partial charge is 0.338 e. The molecule has 0 bridgehead atoms. The Morgan fingerprint density at radius 3 is 2.45 bits per heavy atom. The van der Waals surface area contributed by atoms with Gasteiger partial charge in [0.25, 0.3) is 11.2 Å². The number of fused-ring (bicyclic) bond motifs is 1. The number of thioether (sulfide) groups is 1. The third kappa shape index (κ3) is 4.96. The lowest BCUT2D eigenvalue weighted by atomic mass is 9.96. The van der Waals surface area contributed by atoms with Crippen LogP contribution in [0.1, 0.15) is 31.0 Å². The van der Waals surface area contributed by atoms with Crippen molar-refractivity contribution in [1.29, 1.82) is 0 Å². The monoisotopic (exact) mass is 555 g/mol. The normalized spacial score (nSPS) is 15.1. The average Bonchev–Trinajstić information content (AvgIpc) is 3.21. The molecular weight excluding hydrogens is 530 g/mol. The molecule has 0 N–H and O–H groups in total. The Bertz CT molecular complexity index is 1620. The second-order valence-electron chi connectivity index (χ2n) is 8.10. The summed E-state index contributed by atoms with van der Waals surface area (Å²) in [5, 5.41) is 11.8. The zero-order valence-corrected chi connectivity index (χ0v) is 23.0. The first-order chi connectivity index (χ1) is 18.2. The molecule has 2 aromatic carbocycles. The molecule has 38 heavy (non-hydrogen) atoms. The van der Waals surface area contributed by atoms with E-state index in [0.29, 0.717) is 16.1 Å². The van der Waals surface area contributed by atoms with Crippen molar-refractivity contribution in [3.63, 3.8) is 0 Å². The van der Waals surface area contributed by atoms with Crippen LogP contribution in [-0.4, -0.2) is 42.5 Å². The van der Waals surface area contributed by atoms with Crippen LogP contribution >= 0.6 is 23.1 Å². The van der Waals surface area contributed by atoms with Crippen LogP contribution in [0.15, 0.2) is 62.4 Å². The number of aromatic nitrogens is 1. The first kappa shape index (κ1) is 27.1. The van der Waals surface area contributed by atoms with Crippen LogP contribution in [-0.2, 0) is 9.53 Å². The van der Waals surface area contributed by atoms with Crippen molar-refractivity contribution < 1.29 is 23.9 Å². The maximum Gasteiger partial charge on any atom is 0.338 e. The summed E-state index contributed by atoms with van der Waals surface area (Å²) in [5.41, 5.74) is 0.893. The Hall–Kier alpha value is -3.90. The highest BCUT2D eigenvalue weighted by atomic mass is 32.2. The van der Waals surface area contributed by atoms with E-state index in [4.69, 9.17) is 14.2 Å². The fourth-order valence-corrected chi connectivity index (χ4v) is 5.64. The number of allylic oxidation sites excluding steroid dienone is 1. The van der Waals surface area contributed by atoms with E-state index in [0.717, 1.165) is 16.2 Å². The second-order valence-corrected chi connectivity index (χ2v) is 9.99. The minimum absolute atomic E-state index is 0.167. The molecule has 2 heterocycles. The summed E-state index contributed by atoms with van der Waals surface area (Å²) in [4.78, 5) is 44.0. The lowest BCUT2D eigenvalue weighted by Crippen LogP contribution is -2.39. The van der Waals surface area contributed by atoms with Crippen LogP contribution in [0.5, 0.6) is 11.5 Å². The molecule has 0 fully saturated rings. The van der Waals surface area contributed by atoms with E-state index in [1.165, 1.54) is 37.0 Å². The molecule has 0 saturated heterocycles. The van der Waals surface area contributed by atoms with Crippen molar-refractivity contribution >= 4 is 40.8 Å². The van der Waals surface area contributed by atoms with E-state index >= 15 is 0 Å². The Kier molecular flexibility index (Phi) is 8.02. The summed E-state index contributed by atoms with van der Waals surface area (Å²) in [6, 6.07) is 9.49. The molecule has 1 aliphatic heterocycles. The van der Waals surface area contributed by atoms with Gasteiger partial charge in [-0.25, -0.2) is 9.79 Å². The Labute approximate surface area is 226 Å². The molecule has 1 unspecified atom stereocenters. The number of nitrogens with zero attached hydrogens (tertiary/aromatic N) is 3. The van der Waals surface area contributed by atoms with Crippen molar-refractivity contribution in [1.82, 2.24) is 4.57 Å². The number of thiazole rings is 1. The number of nitro benzene ring substituents is 1. The van der Waals surface area contributed by atoms with Crippen LogP contribution < -0.4 is 24.4 Å². The highest BCUT2D eigenvalue weighted by Gasteiger charge is 2.33. The lowest BCUT2D eigenvalue weighted by Gasteiger charge is -2.24. The predicted octanol–water partition coefficient (Wildman–Crippen LogP) is 3.45. The van der Waals surface area contributed by atoms with E-state index < -0.39 is 22.5 Å². The van der Waals surface area contributed by atoms with Crippen molar-refractivity contribution in [3.8, 4) is 11.5 Å². The second kappa shape index (κ2) is 11.2. The van der Waals surface area contributed by atoms with Gasteiger partial charge < -0.3 is 14.2 Å². The molecule has 0 radical (unpaired) electrons. The van der Waals surface area contributed by atoms with E-state index in [1.807, 2.05) is 30.5 Å². The van der Waals surface area contributed by atoms with Gasteiger partial charge in [-0.05, 0) is 49.9 Å². The van der Waals surface area contributed by atoms with Crippen LogP contribution in [0.2, 0.25) is 0 Å². The van der Waals surface area contributed by atoms with Gasteiger partial charge in [-0.3, -0.25) is 19.5 Å². The molecule has 1 atom stereocenters. The topological polar surface area (TPSA) is 122 Å². The van der Waals surface area contributed by atoms with Gasteiger partial charge in [0.05, 0.1) is 59.2 Å². The number of benzene rings is 2. The first-order valence-electron chi connectivity index (χ1n) is 11.5. The molecular formula is C26H25N3O7S2. The molecule has 10 nitrogen and oxygen atoms in total. The number of hydrogen-bond donors (Lipinski definition) is 0. The summed E-state index contributed by atoms with van der Waals surface area (Å²) in [6.45, 7) is 3.58. The van der Waals surface area contributed by atoms with Crippen LogP contribution in [0, 0.1) is 10.1 Å². The van der Waals surface area contributed by atoms with Gasteiger partial charge in [-0.2, -0.15) is 0 Å². The lowest BCUT2D eigenvalue weighted by molar-refractivity contribution is -0.385. The number of ether oxygens (including phenoxy) is 3. The summed E-state index contributed by atoms with van der Waals surface area (Å²) < 4.78 is 17.5. The summed E-state index contributed by atoms with van der Waals surface area (Å²) >= 11 is 2.66. The third-order valence-electron chi connectivity index (χ3n) is 5.96. The average molecular weight is 556 g/mol. The maximum absolute atomic E-state index is 13.8. The number of carbonyl (C=O) groups is 1. The zero-order valence-electron chi connectivity index (χ0n) is 21.3. The van der Waals surface area contributed by atoms with Gasteiger partial charge in [-0.15, -0.1) is 11.8 Å². The first-order valence-corrected chi connectivity index (χ1v) is 13.5. The Balaban J connectivity index is 1.98. The largest absolute Gasteiger partial charge is 0.493 e. The molecule has 3 aromatic rings. The SMILES string of the molecule is CCOC(=O)C1=C(C)N=c2sc(=Cc3cc(OC)c(OC)cc3[N+](=O)[O-])c(=O)n2C1c1ccc(SC)cc1. The molecule has 0 amide bonds. The van der Waals surface area contributed by atoms with Gasteiger partial charge in [0.2, 0.25) is 0 Å². The van der Waals surface area contributed by atoms with Crippen molar-refractivity contribution in [2.75, 3.05) is 27.1 Å². The molecule has 12 heteroatoms. The van der Waals surface area contributed by atoms with Gasteiger partial charge in [0.15, 0.2) is 16.3 Å².